The fourth-order valence-corrected chi connectivity index (χ4v) is 3.09. The van der Waals surface area contributed by atoms with Gasteiger partial charge in [0, 0.05) is 0 Å². The molecule has 3 aromatic carbocycles. The Kier molecular flexibility index (Phi) is 8.35. The molecule has 1 unspecified atom stereocenters. The molecule has 31 heavy (non-hydrogen) atoms. The summed E-state index contributed by atoms with van der Waals surface area (Å²) in [5, 5.41) is 2.87. The van der Waals surface area contributed by atoms with Gasteiger partial charge in [-0.2, -0.15) is 0 Å². The van der Waals surface area contributed by atoms with E-state index < -0.39 is 0 Å². The van der Waals surface area contributed by atoms with Crippen molar-refractivity contribution in [2.45, 2.75) is 26.2 Å². The van der Waals surface area contributed by atoms with Crippen LogP contribution in [-0.4, -0.2) is 25.7 Å². The second-order valence-corrected chi connectivity index (χ2v) is 7.19. The molecular formula is C26H29NO4. The van der Waals surface area contributed by atoms with E-state index in [1.807, 2.05) is 72.8 Å². The summed E-state index contributed by atoms with van der Waals surface area (Å²) in [6.45, 7) is 4.98. The van der Waals surface area contributed by atoms with Crippen LogP contribution in [0.1, 0.15) is 31.7 Å². The van der Waals surface area contributed by atoms with Crippen LogP contribution in [0.3, 0.4) is 0 Å². The monoisotopic (exact) mass is 419 g/mol. The fourth-order valence-electron chi connectivity index (χ4n) is 3.09. The van der Waals surface area contributed by atoms with E-state index in [1.165, 1.54) is 0 Å². The maximum atomic E-state index is 12.5. The lowest BCUT2D eigenvalue weighted by atomic mass is 9.98. The second-order valence-electron chi connectivity index (χ2n) is 7.19. The van der Waals surface area contributed by atoms with E-state index >= 15 is 0 Å². The number of carbonyl (C=O) groups is 1. The zero-order valence-corrected chi connectivity index (χ0v) is 18.0. The van der Waals surface area contributed by atoms with Gasteiger partial charge in [-0.15, -0.1) is 0 Å². The summed E-state index contributed by atoms with van der Waals surface area (Å²) in [5.41, 5.74) is 1.71. The molecule has 0 heterocycles. The second kappa shape index (κ2) is 11.6. The Hall–Kier alpha value is -3.47. The zero-order valence-electron chi connectivity index (χ0n) is 18.0. The lowest BCUT2D eigenvalue weighted by Crippen LogP contribution is -2.21. The van der Waals surface area contributed by atoms with Crippen molar-refractivity contribution in [3.8, 4) is 17.2 Å². The van der Waals surface area contributed by atoms with Crippen LogP contribution in [0.2, 0.25) is 0 Å². The number of nitrogens with one attached hydrogen (secondary N) is 1. The number of anilines is 1. The number of ether oxygens (including phenoxy) is 3. The van der Waals surface area contributed by atoms with Gasteiger partial charge in [-0.1, -0.05) is 62.4 Å². The molecule has 0 aromatic heterocycles. The normalized spacial score (nSPS) is 11.4. The van der Waals surface area contributed by atoms with Crippen LogP contribution in [0.5, 0.6) is 17.2 Å². The van der Waals surface area contributed by atoms with Crippen molar-refractivity contribution < 1.29 is 19.0 Å². The highest BCUT2D eigenvalue weighted by Crippen LogP contribution is 2.28. The number of hydrogen-bond donors (Lipinski definition) is 1. The van der Waals surface area contributed by atoms with Crippen LogP contribution in [0.15, 0.2) is 78.9 Å². The SMILES string of the molecule is CCC(C)c1ccccc1OCC(=O)Nc1ccccc1OCCOc1ccccc1. The van der Waals surface area contributed by atoms with Crippen molar-refractivity contribution >= 4 is 11.6 Å². The molecule has 0 aliphatic heterocycles. The molecule has 0 aliphatic rings. The number of benzene rings is 3. The average Bonchev–Trinajstić information content (AvgIpc) is 2.82. The van der Waals surface area contributed by atoms with E-state index in [9.17, 15) is 4.79 Å². The summed E-state index contributed by atoms with van der Waals surface area (Å²) >= 11 is 0. The van der Waals surface area contributed by atoms with Gasteiger partial charge in [0.2, 0.25) is 0 Å². The fraction of sp³-hybridized carbons (Fsp3) is 0.269. The van der Waals surface area contributed by atoms with E-state index in [-0.39, 0.29) is 12.5 Å². The summed E-state index contributed by atoms with van der Waals surface area (Å²) in [7, 11) is 0. The number of carbonyl (C=O) groups excluding carboxylic acids is 1. The van der Waals surface area contributed by atoms with E-state index in [4.69, 9.17) is 14.2 Å². The first-order valence-electron chi connectivity index (χ1n) is 10.6. The van der Waals surface area contributed by atoms with Crippen LogP contribution in [0, 0.1) is 0 Å². The summed E-state index contributed by atoms with van der Waals surface area (Å²) in [5.74, 6) is 2.26. The third-order valence-corrected chi connectivity index (χ3v) is 4.94. The predicted molar refractivity (Wildman–Crippen MR) is 123 cm³/mol. The highest BCUT2D eigenvalue weighted by molar-refractivity contribution is 5.93. The summed E-state index contributed by atoms with van der Waals surface area (Å²) in [4.78, 5) is 12.5. The minimum Gasteiger partial charge on any atom is -0.490 e. The summed E-state index contributed by atoms with van der Waals surface area (Å²) in [6.07, 6.45) is 1.01. The molecule has 0 aliphatic carbocycles. The number of para-hydroxylation sites is 4. The molecule has 1 atom stereocenters. The van der Waals surface area contributed by atoms with E-state index in [2.05, 4.69) is 19.2 Å². The first-order chi connectivity index (χ1) is 15.2. The molecule has 162 valence electrons. The van der Waals surface area contributed by atoms with Gasteiger partial charge >= 0.3 is 0 Å². The van der Waals surface area contributed by atoms with Crippen molar-refractivity contribution in [3.05, 3.63) is 84.4 Å². The first-order valence-corrected chi connectivity index (χ1v) is 10.6. The lowest BCUT2D eigenvalue weighted by molar-refractivity contribution is -0.118. The maximum Gasteiger partial charge on any atom is 0.262 e. The molecule has 5 heteroatoms. The van der Waals surface area contributed by atoms with Crippen LogP contribution in [-0.2, 0) is 4.79 Å². The summed E-state index contributed by atoms with van der Waals surface area (Å²) < 4.78 is 17.3. The number of hydrogen-bond acceptors (Lipinski definition) is 4. The minimum atomic E-state index is -0.240. The van der Waals surface area contributed by atoms with Crippen molar-refractivity contribution in [1.82, 2.24) is 0 Å². The highest BCUT2D eigenvalue weighted by Gasteiger charge is 2.12. The Morgan fingerprint density at radius 2 is 1.45 bits per heavy atom. The van der Waals surface area contributed by atoms with E-state index in [0.717, 1.165) is 23.5 Å². The molecule has 1 N–H and O–H groups in total. The van der Waals surface area contributed by atoms with Gasteiger partial charge in [-0.05, 0) is 48.2 Å². The van der Waals surface area contributed by atoms with Crippen LogP contribution in [0.4, 0.5) is 5.69 Å². The first kappa shape index (κ1) is 22.2. The van der Waals surface area contributed by atoms with Gasteiger partial charge in [0.15, 0.2) is 6.61 Å². The third kappa shape index (κ3) is 6.78. The van der Waals surface area contributed by atoms with Crippen LogP contribution in [0.25, 0.3) is 0 Å². The van der Waals surface area contributed by atoms with Crippen LogP contribution >= 0.6 is 0 Å². The molecule has 0 fully saturated rings. The Bertz CT molecular complexity index is 958. The molecular weight excluding hydrogens is 390 g/mol. The molecule has 0 saturated heterocycles. The molecule has 0 bridgehead atoms. The van der Waals surface area contributed by atoms with Crippen molar-refractivity contribution in [1.29, 1.82) is 0 Å². The van der Waals surface area contributed by atoms with Gasteiger partial charge in [0.25, 0.3) is 5.91 Å². The highest BCUT2D eigenvalue weighted by atomic mass is 16.5. The molecule has 0 radical (unpaired) electrons. The van der Waals surface area contributed by atoms with Crippen molar-refractivity contribution in [3.63, 3.8) is 0 Å². The standard InChI is InChI=1S/C26H29NO4/c1-3-20(2)22-13-7-9-15-24(22)31-19-26(28)27-23-14-8-10-16-25(23)30-18-17-29-21-11-5-4-6-12-21/h4-16,20H,3,17-19H2,1-2H3,(H,27,28). The quantitative estimate of drug-likeness (QED) is 0.407. The van der Waals surface area contributed by atoms with Crippen LogP contribution < -0.4 is 19.5 Å². The lowest BCUT2D eigenvalue weighted by Gasteiger charge is -2.16. The Morgan fingerprint density at radius 1 is 0.806 bits per heavy atom. The van der Waals surface area contributed by atoms with Gasteiger partial charge in [0.1, 0.15) is 30.5 Å². The molecule has 1 amide bonds. The topological polar surface area (TPSA) is 56.8 Å². The molecule has 0 saturated carbocycles. The Labute approximate surface area is 184 Å². The average molecular weight is 420 g/mol. The maximum absolute atomic E-state index is 12.5. The molecule has 5 nitrogen and oxygen atoms in total. The molecule has 3 rings (SSSR count). The smallest absolute Gasteiger partial charge is 0.262 e. The Balaban J connectivity index is 1.51. The minimum absolute atomic E-state index is 0.0705. The number of amides is 1. The predicted octanol–water partition coefficient (Wildman–Crippen LogP) is 5.68. The van der Waals surface area contributed by atoms with E-state index in [0.29, 0.717) is 30.6 Å². The van der Waals surface area contributed by atoms with E-state index in [1.54, 1.807) is 6.07 Å². The van der Waals surface area contributed by atoms with Gasteiger partial charge < -0.3 is 19.5 Å². The van der Waals surface area contributed by atoms with Gasteiger partial charge in [-0.25, -0.2) is 0 Å². The van der Waals surface area contributed by atoms with Crippen molar-refractivity contribution in [2.75, 3.05) is 25.1 Å². The zero-order chi connectivity index (χ0) is 21.9. The third-order valence-electron chi connectivity index (χ3n) is 4.94. The Morgan fingerprint density at radius 3 is 2.23 bits per heavy atom. The molecule has 3 aromatic rings. The summed E-state index contributed by atoms with van der Waals surface area (Å²) in [6, 6.07) is 24.8. The number of rotatable bonds is 11. The van der Waals surface area contributed by atoms with Gasteiger partial charge in [-0.3, -0.25) is 4.79 Å². The van der Waals surface area contributed by atoms with Gasteiger partial charge in [0.05, 0.1) is 5.69 Å². The largest absolute Gasteiger partial charge is 0.490 e. The van der Waals surface area contributed by atoms with Crippen molar-refractivity contribution in [2.24, 2.45) is 0 Å². The molecule has 0 spiro atoms.